The van der Waals surface area contributed by atoms with E-state index in [0.717, 1.165) is 12.0 Å². The second-order valence-electron chi connectivity index (χ2n) is 12.8. The number of nitrogens with one attached hydrogen (secondary N) is 1. The largest absolute Gasteiger partial charge is 0.444 e. The molecule has 248 valence electrons. The van der Waals surface area contributed by atoms with Crippen molar-refractivity contribution in [1.82, 2.24) is 30.2 Å². The van der Waals surface area contributed by atoms with Crippen molar-refractivity contribution >= 4 is 30.1 Å². The van der Waals surface area contributed by atoms with E-state index in [9.17, 15) is 19.6 Å². The molecule has 1 aliphatic heterocycles. The maximum Gasteiger partial charge on any atom is 0.407 e. The number of fused-ring (bicyclic) bond motifs is 1. The number of nitriles is 1. The second-order valence-corrected chi connectivity index (χ2v) is 12.8. The molecule has 4 heterocycles. The standard InChI is InChI=1S/C34H43N9O4/c1-7-42(18-10-17-41(23-44)16-9-15-37-32(46)47-33(2,3)4)31-38-20-25(21-39-31)27-13-12-26-29(45)34(5,6)43(30(26)40-27)22-24-11-8-14-36-28(24)19-35/h8,11-14,20-21,23H,7,9-10,15-18,22H2,1-6H3,(H,37,46). The molecule has 0 unspecified atom stereocenters. The highest BCUT2D eigenvalue weighted by molar-refractivity contribution is 6.12. The van der Waals surface area contributed by atoms with Crippen LogP contribution in [0, 0.1) is 11.3 Å². The number of hydrogen-bond donors (Lipinski definition) is 1. The van der Waals surface area contributed by atoms with E-state index in [1.807, 2.05) is 57.4 Å². The molecule has 0 spiro atoms. The molecule has 0 atom stereocenters. The molecule has 0 saturated carbocycles. The minimum atomic E-state index is -0.852. The Kier molecular flexibility index (Phi) is 11.1. The number of ketones is 1. The number of nitrogens with zero attached hydrogens (tertiary/aromatic N) is 8. The molecule has 0 aliphatic carbocycles. The quantitative estimate of drug-likeness (QED) is 0.197. The smallest absolute Gasteiger partial charge is 0.407 e. The normalized spacial score (nSPS) is 13.5. The summed E-state index contributed by atoms with van der Waals surface area (Å²) < 4.78 is 5.23. The third kappa shape index (κ3) is 8.58. The third-order valence-electron chi connectivity index (χ3n) is 7.84. The predicted molar refractivity (Wildman–Crippen MR) is 178 cm³/mol. The van der Waals surface area contributed by atoms with Crippen LogP contribution in [0.15, 0.2) is 42.9 Å². The summed E-state index contributed by atoms with van der Waals surface area (Å²) in [6.45, 7) is 14.3. The fourth-order valence-corrected chi connectivity index (χ4v) is 5.30. The Morgan fingerprint density at radius 2 is 1.83 bits per heavy atom. The van der Waals surface area contributed by atoms with Gasteiger partial charge in [0.05, 0.1) is 16.8 Å². The highest BCUT2D eigenvalue weighted by atomic mass is 16.6. The van der Waals surface area contributed by atoms with Gasteiger partial charge in [-0.15, -0.1) is 0 Å². The van der Waals surface area contributed by atoms with Gasteiger partial charge in [-0.3, -0.25) is 9.59 Å². The van der Waals surface area contributed by atoms with E-state index in [4.69, 9.17) is 9.72 Å². The summed E-state index contributed by atoms with van der Waals surface area (Å²) >= 11 is 0. The number of Topliss-reactive ketones (excluding diaryl/α,β-unsaturated/α-hetero) is 1. The lowest BCUT2D eigenvalue weighted by Gasteiger charge is -2.32. The number of hydrogen-bond acceptors (Lipinski definition) is 11. The van der Waals surface area contributed by atoms with Gasteiger partial charge in [-0.05, 0) is 72.6 Å². The van der Waals surface area contributed by atoms with Gasteiger partial charge in [0.15, 0.2) is 5.78 Å². The van der Waals surface area contributed by atoms with Crippen molar-refractivity contribution in [2.75, 3.05) is 42.5 Å². The zero-order chi connectivity index (χ0) is 34.2. The fraction of sp³-hybridized carbons (Fsp3) is 0.471. The van der Waals surface area contributed by atoms with Crippen LogP contribution in [0.25, 0.3) is 11.3 Å². The lowest BCUT2D eigenvalue weighted by Crippen LogP contribution is -2.44. The summed E-state index contributed by atoms with van der Waals surface area (Å²) in [4.78, 5) is 60.6. The number of rotatable bonds is 14. The van der Waals surface area contributed by atoms with Crippen LogP contribution in [0.3, 0.4) is 0 Å². The molecule has 0 aromatic carbocycles. The molecule has 1 N–H and O–H groups in total. The molecule has 0 fully saturated rings. The zero-order valence-electron chi connectivity index (χ0n) is 28.0. The Balaban J connectivity index is 1.37. The molecular weight excluding hydrogens is 598 g/mol. The van der Waals surface area contributed by atoms with Crippen molar-refractivity contribution in [2.45, 2.75) is 72.1 Å². The maximum atomic E-state index is 13.3. The van der Waals surface area contributed by atoms with Crippen molar-refractivity contribution in [1.29, 1.82) is 5.26 Å². The first kappa shape index (κ1) is 34.7. The van der Waals surface area contributed by atoms with Gasteiger partial charge in [-0.1, -0.05) is 6.07 Å². The van der Waals surface area contributed by atoms with E-state index in [2.05, 4.69) is 26.3 Å². The lowest BCUT2D eigenvalue weighted by molar-refractivity contribution is -0.118. The Morgan fingerprint density at radius 1 is 1.11 bits per heavy atom. The maximum absolute atomic E-state index is 13.3. The summed E-state index contributed by atoms with van der Waals surface area (Å²) in [6, 6.07) is 9.33. The number of carbonyl (C=O) groups is 3. The number of aromatic nitrogens is 4. The van der Waals surface area contributed by atoms with Gasteiger partial charge >= 0.3 is 6.09 Å². The third-order valence-corrected chi connectivity index (χ3v) is 7.84. The first-order chi connectivity index (χ1) is 22.4. The van der Waals surface area contributed by atoms with Crippen molar-refractivity contribution < 1.29 is 19.1 Å². The Hall–Kier alpha value is -5.12. The molecule has 4 rings (SSSR count). The van der Waals surface area contributed by atoms with E-state index < -0.39 is 17.2 Å². The van der Waals surface area contributed by atoms with Crippen LogP contribution in [-0.4, -0.2) is 87.0 Å². The van der Waals surface area contributed by atoms with Gasteiger partial charge in [-0.25, -0.2) is 24.7 Å². The SMILES string of the molecule is CCN(CCCN(C=O)CCCNC(=O)OC(C)(C)C)c1ncc(-c2ccc3c(n2)N(Cc2cccnc2C#N)C(C)(C)C3=O)cn1. The summed E-state index contributed by atoms with van der Waals surface area (Å²) in [5.41, 5.74) is 1.48. The van der Waals surface area contributed by atoms with E-state index in [1.54, 1.807) is 41.7 Å². The van der Waals surface area contributed by atoms with Gasteiger partial charge < -0.3 is 24.8 Å². The monoisotopic (exact) mass is 641 g/mol. The zero-order valence-corrected chi connectivity index (χ0v) is 28.0. The minimum Gasteiger partial charge on any atom is -0.444 e. The Bertz CT molecular complexity index is 1610. The van der Waals surface area contributed by atoms with Gasteiger partial charge in [-0.2, -0.15) is 5.26 Å². The number of amides is 2. The van der Waals surface area contributed by atoms with Crippen LogP contribution >= 0.6 is 0 Å². The Morgan fingerprint density at radius 3 is 2.49 bits per heavy atom. The van der Waals surface area contributed by atoms with Gasteiger partial charge in [0.1, 0.15) is 23.2 Å². The van der Waals surface area contributed by atoms with Crippen molar-refractivity contribution in [2.24, 2.45) is 0 Å². The highest BCUT2D eigenvalue weighted by Gasteiger charge is 2.45. The van der Waals surface area contributed by atoms with Crippen LogP contribution in [0.2, 0.25) is 0 Å². The van der Waals surface area contributed by atoms with Crippen LogP contribution in [0.4, 0.5) is 16.6 Å². The minimum absolute atomic E-state index is 0.0373. The molecule has 13 heteroatoms. The molecule has 0 radical (unpaired) electrons. The summed E-state index contributed by atoms with van der Waals surface area (Å²) in [5, 5.41) is 12.3. The Labute approximate surface area is 276 Å². The van der Waals surface area contributed by atoms with Crippen molar-refractivity contribution in [3.05, 3.63) is 59.7 Å². The molecule has 3 aromatic rings. The van der Waals surface area contributed by atoms with E-state index in [-0.39, 0.29) is 5.78 Å². The van der Waals surface area contributed by atoms with Crippen molar-refractivity contribution in [3.8, 4) is 17.3 Å². The number of carbonyl (C=O) groups excluding carboxylic acids is 3. The summed E-state index contributed by atoms with van der Waals surface area (Å²) in [7, 11) is 0. The molecule has 2 amide bonds. The average Bonchev–Trinajstić information content (AvgIpc) is 3.23. The lowest BCUT2D eigenvalue weighted by atomic mass is 9.97. The predicted octanol–water partition coefficient (Wildman–Crippen LogP) is 4.38. The van der Waals surface area contributed by atoms with Crippen LogP contribution in [0.5, 0.6) is 0 Å². The van der Waals surface area contributed by atoms with Gasteiger partial charge in [0.25, 0.3) is 0 Å². The van der Waals surface area contributed by atoms with Crippen LogP contribution in [0.1, 0.15) is 76.0 Å². The van der Waals surface area contributed by atoms with E-state index >= 15 is 0 Å². The van der Waals surface area contributed by atoms with Gasteiger partial charge in [0.2, 0.25) is 12.4 Å². The first-order valence-corrected chi connectivity index (χ1v) is 15.8. The number of pyridine rings is 2. The molecule has 0 bridgehead atoms. The highest BCUT2D eigenvalue weighted by Crippen LogP contribution is 2.39. The number of anilines is 2. The van der Waals surface area contributed by atoms with Crippen LogP contribution in [-0.2, 0) is 16.1 Å². The molecule has 1 aliphatic rings. The van der Waals surface area contributed by atoms with Crippen LogP contribution < -0.4 is 15.1 Å². The summed E-state index contributed by atoms with van der Waals surface area (Å²) in [5.74, 6) is 1.07. The topological polar surface area (TPSA) is 158 Å². The summed E-state index contributed by atoms with van der Waals surface area (Å²) in [6.07, 6.45) is 6.70. The van der Waals surface area contributed by atoms with Gasteiger partial charge in [0, 0.05) is 69.0 Å². The van der Waals surface area contributed by atoms with E-state index in [1.165, 1.54) is 0 Å². The molecule has 47 heavy (non-hydrogen) atoms. The number of alkyl carbamates (subject to hydrolysis) is 1. The average molecular weight is 642 g/mol. The fourth-order valence-electron chi connectivity index (χ4n) is 5.30. The molecule has 0 saturated heterocycles. The molecule has 3 aromatic heterocycles. The number of ether oxygens (including phenoxy) is 1. The van der Waals surface area contributed by atoms with E-state index in [0.29, 0.717) is 86.4 Å². The molecule has 13 nitrogen and oxygen atoms in total. The molecular formula is C34H43N9O4. The second kappa shape index (κ2) is 15.0. The first-order valence-electron chi connectivity index (χ1n) is 15.8. The van der Waals surface area contributed by atoms with Crippen molar-refractivity contribution in [3.63, 3.8) is 0 Å².